The SMILES string of the molecule is CCOC(=O)NCCCc1cn2cc3ccccc3c2nc1C. The maximum absolute atomic E-state index is 11.2. The molecule has 0 aliphatic heterocycles. The molecule has 1 amide bonds. The average molecular weight is 311 g/mol. The summed E-state index contributed by atoms with van der Waals surface area (Å²) in [4.78, 5) is 16.0. The van der Waals surface area contributed by atoms with E-state index in [4.69, 9.17) is 9.72 Å². The molecule has 0 aliphatic carbocycles. The lowest BCUT2D eigenvalue weighted by Gasteiger charge is -2.08. The second kappa shape index (κ2) is 6.69. The molecular formula is C18H21N3O2. The summed E-state index contributed by atoms with van der Waals surface area (Å²) >= 11 is 0. The summed E-state index contributed by atoms with van der Waals surface area (Å²) in [6.07, 6.45) is 5.62. The Labute approximate surface area is 135 Å². The summed E-state index contributed by atoms with van der Waals surface area (Å²) in [5.41, 5.74) is 3.23. The fourth-order valence-corrected chi connectivity index (χ4v) is 2.77. The van der Waals surface area contributed by atoms with Gasteiger partial charge in [0.25, 0.3) is 0 Å². The summed E-state index contributed by atoms with van der Waals surface area (Å²) < 4.78 is 6.93. The van der Waals surface area contributed by atoms with Crippen LogP contribution in [0.3, 0.4) is 0 Å². The summed E-state index contributed by atoms with van der Waals surface area (Å²) in [5.74, 6) is 0. The van der Waals surface area contributed by atoms with Gasteiger partial charge in [-0.1, -0.05) is 24.3 Å². The molecule has 3 aromatic rings. The van der Waals surface area contributed by atoms with Gasteiger partial charge in [0.05, 0.1) is 6.61 Å². The van der Waals surface area contributed by atoms with Crippen LogP contribution in [0, 0.1) is 6.92 Å². The second-order valence-corrected chi connectivity index (χ2v) is 5.55. The van der Waals surface area contributed by atoms with Crippen LogP contribution in [0.15, 0.2) is 36.7 Å². The first-order valence-corrected chi connectivity index (χ1v) is 7.95. The zero-order chi connectivity index (χ0) is 16.2. The van der Waals surface area contributed by atoms with Gasteiger partial charge in [-0.25, -0.2) is 9.78 Å². The molecule has 2 heterocycles. The van der Waals surface area contributed by atoms with Crippen LogP contribution < -0.4 is 5.32 Å². The Morgan fingerprint density at radius 1 is 1.30 bits per heavy atom. The van der Waals surface area contributed by atoms with Crippen molar-refractivity contribution in [3.05, 3.63) is 47.9 Å². The highest BCUT2D eigenvalue weighted by Gasteiger charge is 2.08. The standard InChI is InChI=1S/C18H21N3O2/c1-3-23-18(22)19-10-6-8-14-11-21-12-15-7-4-5-9-16(15)17(21)20-13(14)2/h4-5,7,9,11-12H,3,6,8,10H2,1-2H3,(H,19,22). The highest BCUT2D eigenvalue weighted by atomic mass is 16.5. The zero-order valence-corrected chi connectivity index (χ0v) is 13.5. The number of aromatic nitrogens is 2. The highest BCUT2D eigenvalue weighted by Crippen LogP contribution is 2.22. The van der Waals surface area contributed by atoms with Crippen molar-refractivity contribution in [2.45, 2.75) is 26.7 Å². The van der Waals surface area contributed by atoms with Crippen molar-refractivity contribution in [1.82, 2.24) is 14.7 Å². The van der Waals surface area contributed by atoms with Crippen molar-refractivity contribution in [3.8, 4) is 0 Å². The molecule has 0 saturated carbocycles. The molecule has 0 aliphatic rings. The molecule has 0 spiro atoms. The van der Waals surface area contributed by atoms with Crippen molar-refractivity contribution in [2.75, 3.05) is 13.2 Å². The van der Waals surface area contributed by atoms with Gasteiger partial charge in [0, 0.05) is 35.4 Å². The second-order valence-electron chi connectivity index (χ2n) is 5.55. The first-order chi connectivity index (χ1) is 11.2. The van der Waals surface area contributed by atoms with Crippen LogP contribution in [-0.2, 0) is 11.2 Å². The summed E-state index contributed by atoms with van der Waals surface area (Å²) in [5, 5.41) is 5.11. The van der Waals surface area contributed by atoms with Gasteiger partial charge in [0.1, 0.15) is 5.65 Å². The molecule has 5 nitrogen and oxygen atoms in total. The molecule has 0 atom stereocenters. The lowest BCUT2D eigenvalue weighted by Crippen LogP contribution is -2.25. The molecule has 1 N–H and O–H groups in total. The van der Waals surface area contributed by atoms with Gasteiger partial charge in [-0.3, -0.25) is 0 Å². The number of carbonyl (C=O) groups excluding carboxylic acids is 1. The van der Waals surface area contributed by atoms with Gasteiger partial charge in [0.15, 0.2) is 0 Å². The number of hydrogen-bond acceptors (Lipinski definition) is 3. The maximum Gasteiger partial charge on any atom is 0.407 e. The number of rotatable bonds is 5. The third-order valence-electron chi connectivity index (χ3n) is 3.93. The number of hydrogen-bond donors (Lipinski definition) is 1. The van der Waals surface area contributed by atoms with E-state index in [1.165, 1.54) is 16.3 Å². The van der Waals surface area contributed by atoms with Gasteiger partial charge in [-0.05, 0) is 32.3 Å². The lowest BCUT2D eigenvalue weighted by atomic mass is 10.1. The third-order valence-corrected chi connectivity index (χ3v) is 3.93. The van der Waals surface area contributed by atoms with Gasteiger partial charge in [0.2, 0.25) is 0 Å². The molecule has 3 rings (SSSR count). The minimum Gasteiger partial charge on any atom is -0.450 e. The van der Waals surface area contributed by atoms with E-state index in [2.05, 4.69) is 34.2 Å². The van der Waals surface area contributed by atoms with Crippen LogP contribution in [0.25, 0.3) is 16.4 Å². The largest absolute Gasteiger partial charge is 0.450 e. The molecule has 23 heavy (non-hydrogen) atoms. The Bertz CT molecular complexity index is 839. The molecule has 2 aromatic heterocycles. The fraction of sp³-hybridized carbons (Fsp3) is 0.333. The maximum atomic E-state index is 11.2. The van der Waals surface area contributed by atoms with E-state index in [1.807, 2.05) is 19.1 Å². The minimum atomic E-state index is -0.352. The molecular weight excluding hydrogens is 290 g/mol. The molecule has 0 fully saturated rings. The van der Waals surface area contributed by atoms with E-state index in [0.29, 0.717) is 13.2 Å². The van der Waals surface area contributed by atoms with Crippen LogP contribution in [0.2, 0.25) is 0 Å². The highest BCUT2D eigenvalue weighted by molar-refractivity contribution is 5.95. The van der Waals surface area contributed by atoms with E-state index in [9.17, 15) is 4.79 Å². The number of alkyl carbamates (subject to hydrolysis) is 1. The van der Waals surface area contributed by atoms with E-state index >= 15 is 0 Å². The number of nitrogens with one attached hydrogen (secondary N) is 1. The Morgan fingerprint density at radius 3 is 2.96 bits per heavy atom. The van der Waals surface area contributed by atoms with Gasteiger partial charge < -0.3 is 14.5 Å². The first kappa shape index (κ1) is 15.3. The van der Waals surface area contributed by atoms with E-state index in [1.54, 1.807) is 6.92 Å². The molecule has 0 saturated heterocycles. The predicted octanol–water partition coefficient (Wildman–Crippen LogP) is 3.47. The number of benzene rings is 1. The van der Waals surface area contributed by atoms with Gasteiger partial charge in [-0.15, -0.1) is 0 Å². The number of amides is 1. The molecule has 1 aromatic carbocycles. The Balaban J connectivity index is 1.73. The minimum absolute atomic E-state index is 0.352. The van der Waals surface area contributed by atoms with Crippen molar-refractivity contribution in [2.24, 2.45) is 0 Å². The summed E-state index contributed by atoms with van der Waals surface area (Å²) in [6, 6.07) is 8.27. The Kier molecular flexibility index (Phi) is 4.46. The van der Waals surface area contributed by atoms with Crippen molar-refractivity contribution >= 4 is 22.5 Å². The van der Waals surface area contributed by atoms with E-state index in [-0.39, 0.29) is 6.09 Å². The average Bonchev–Trinajstić information content (AvgIpc) is 2.89. The van der Waals surface area contributed by atoms with Crippen LogP contribution in [0.1, 0.15) is 24.6 Å². The lowest BCUT2D eigenvalue weighted by molar-refractivity contribution is 0.152. The quantitative estimate of drug-likeness (QED) is 0.734. The number of fused-ring (bicyclic) bond motifs is 3. The molecule has 0 radical (unpaired) electrons. The topological polar surface area (TPSA) is 55.6 Å². The third kappa shape index (κ3) is 3.28. The monoisotopic (exact) mass is 311 g/mol. The van der Waals surface area contributed by atoms with Crippen LogP contribution in [-0.4, -0.2) is 28.6 Å². The van der Waals surface area contributed by atoms with Crippen molar-refractivity contribution < 1.29 is 9.53 Å². The fourth-order valence-electron chi connectivity index (χ4n) is 2.77. The molecule has 120 valence electrons. The molecule has 0 bridgehead atoms. The van der Waals surface area contributed by atoms with E-state index in [0.717, 1.165) is 24.2 Å². The van der Waals surface area contributed by atoms with Crippen molar-refractivity contribution in [1.29, 1.82) is 0 Å². The summed E-state index contributed by atoms with van der Waals surface area (Å²) in [6.45, 7) is 4.83. The zero-order valence-electron chi connectivity index (χ0n) is 13.5. The van der Waals surface area contributed by atoms with E-state index < -0.39 is 0 Å². The molecule has 0 unspecified atom stereocenters. The summed E-state index contributed by atoms with van der Waals surface area (Å²) in [7, 11) is 0. The van der Waals surface area contributed by atoms with Gasteiger partial charge >= 0.3 is 6.09 Å². The Hall–Kier alpha value is -2.56. The smallest absolute Gasteiger partial charge is 0.407 e. The van der Waals surface area contributed by atoms with Crippen LogP contribution >= 0.6 is 0 Å². The van der Waals surface area contributed by atoms with Gasteiger partial charge in [-0.2, -0.15) is 0 Å². The van der Waals surface area contributed by atoms with Crippen LogP contribution in [0.4, 0.5) is 4.79 Å². The normalized spacial score (nSPS) is 11.0. The number of nitrogens with zero attached hydrogens (tertiary/aromatic N) is 2. The van der Waals surface area contributed by atoms with Crippen LogP contribution in [0.5, 0.6) is 0 Å². The number of carbonyl (C=O) groups is 1. The Morgan fingerprint density at radius 2 is 2.13 bits per heavy atom. The van der Waals surface area contributed by atoms with Crippen molar-refractivity contribution in [3.63, 3.8) is 0 Å². The predicted molar refractivity (Wildman–Crippen MR) is 90.8 cm³/mol. The number of ether oxygens (including phenoxy) is 1. The molecule has 5 heteroatoms. The number of aryl methyl sites for hydroxylation is 2. The first-order valence-electron chi connectivity index (χ1n) is 7.95.